The molecule has 1 aliphatic rings. The van der Waals surface area contributed by atoms with Crippen LogP contribution >= 0.6 is 10.7 Å². The highest BCUT2D eigenvalue weighted by Crippen LogP contribution is 2.32. The van der Waals surface area contributed by atoms with Crippen LogP contribution in [0.2, 0.25) is 0 Å². The van der Waals surface area contributed by atoms with Gasteiger partial charge in [0, 0.05) is 17.3 Å². The quantitative estimate of drug-likeness (QED) is 0.799. The summed E-state index contributed by atoms with van der Waals surface area (Å²) in [6.07, 6.45) is 1.45. The summed E-state index contributed by atoms with van der Waals surface area (Å²) in [6, 6.07) is 4.01. The molecule has 0 aliphatic carbocycles. The van der Waals surface area contributed by atoms with Gasteiger partial charge in [0.2, 0.25) is 9.05 Å². The van der Waals surface area contributed by atoms with Crippen LogP contribution in [0.4, 0.5) is 4.39 Å². The molecule has 1 aromatic rings. The highest BCUT2D eigenvalue weighted by atomic mass is 35.7. The molecular weight excluding hydrogens is 267 g/mol. The molecule has 1 atom stereocenters. The van der Waals surface area contributed by atoms with E-state index in [1.165, 1.54) is 18.2 Å². The fourth-order valence-corrected chi connectivity index (χ4v) is 2.99. The molecule has 0 N–H and O–H groups in total. The summed E-state index contributed by atoms with van der Waals surface area (Å²) in [4.78, 5) is 0. The van der Waals surface area contributed by atoms with Gasteiger partial charge in [0.1, 0.15) is 5.82 Å². The molecule has 94 valence electrons. The van der Waals surface area contributed by atoms with Crippen LogP contribution in [0.15, 0.2) is 18.2 Å². The number of hydrogen-bond donors (Lipinski definition) is 0. The third-order valence-electron chi connectivity index (χ3n) is 2.71. The third-order valence-corrected chi connectivity index (χ3v) is 3.70. The molecule has 1 saturated heterocycles. The molecule has 17 heavy (non-hydrogen) atoms. The molecule has 2 rings (SSSR count). The molecular formula is C11H12ClFO3S. The van der Waals surface area contributed by atoms with E-state index in [-0.39, 0.29) is 11.9 Å². The lowest BCUT2D eigenvalue weighted by Gasteiger charge is -2.14. The van der Waals surface area contributed by atoms with Crippen molar-refractivity contribution in [3.63, 3.8) is 0 Å². The minimum atomic E-state index is -3.65. The third kappa shape index (κ3) is 3.40. The SMILES string of the molecule is O=S(=O)(Cl)Cc1ccc(F)cc1C1CCCO1. The second kappa shape index (κ2) is 4.92. The predicted molar refractivity (Wildman–Crippen MR) is 62.8 cm³/mol. The first-order chi connectivity index (χ1) is 7.96. The Balaban J connectivity index is 2.36. The molecule has 0 bridgehead atoms. The van der Waals surface area contributed by atoms with Crippen LogP contribution in [-0.4, -0.2) is 15.0 Å². The molecule has 1 fully saturated rings. The number of hydrogen-bond acceptors (Lipinski definition) is 3. The second-order valence-electron chi connectivity index (χ2n) is 4.03. The van der Waals surface area contributed by atoms with Crippen molar-refractivity contribution < 1.29 is 17.5 Å². The normalized spacial score (nSPS) is 20.7. The fourth-order valence-electron chi connectivity index (χ4n) is 2.01. The molecule has 1 aliphatic heterocycles. The largest absolute Gasteiger partial charge is 0.374 e. The maximum atomic E-state index is 13.2. The molecule has 3 nitrogen and oxygen atoms in total. The number of rotatable bonds is 3. The van der Waals surface area contributed by atoms with Crippen molar-refractivity contribution in [1.29, 1.82) is 0 Å². The van der Waals surface area contributed by atoms with E-state index in [1.807, 2.05) is 0 Å². The molecule has 0 radical (unpaired) electrons. The van der Waals surface area contributed by atoms with Crippen LogP contribution in [0.5, 0.6) is 0 Å². The Kier molecular flexibility index (Phi) is 3.70. The van der Waals surface area contributed by atoms with E-state index in [2.05, 4.69) is 0 Å². The van der Waals surface area contributed by atoms with Crippen molar-refractivity contribution in [3.05, 3.63) is 35.1 Å². The number of halogens is 2. The monoisotopic (exact) mass is 278 g/mol. The average molecular weight is 279 g/mol. The highest BCUT2D eigenvalue weighted by Gasteiger charge is 2.23. The molecule has 0 saturated carbocycles. The standard InChI is InChI=1S/C11H12ClFO3S/c12-17(14,15)7-8-3-4-9(13)6-10(8)11-2-1-5-16-11/h3-4,6,11H,1-2,5,7H2. The van der Waals surface area contributed by atoms with Crippen molar-refractivity contribution in [2.45, 2.75) is 24.7 Å². The number of ether oxygens (including phenoxy) is 1. The zero-order chi connectivity index (χ0) is 12.5. The van der Waals surface area contributed by atoms with Crippen LogP contribution < -0.4 is 0 Å². The summed E-state index contributed by atoms with van der Waals surface area (Å²) < 4.78 is 40.8. The Morgan fingerprint density at radius 1 is 1.47 bits per heavy atom. The van der Waals surface area contributed by atoms with Gasteiger partial charge in [-0.3, -0.25) is 0 Å². The minimum absolute atomic E-state index is 0.223. The molecule has 6 heteroatoms. The van der Waals surface area contributed by atoms with Crippen molar-refractivity contribution in [1.82, 2.24) is 0 Å². The Bertz CT molecular complexity index is 509. The number of benzene rings is 1. The van der Waals surface area contributed by atoms with Crippen LogP contribution in [0, 0.1) is 5.82 Å². The van der Waals surface area contributed by atoms with Crippen LogP contribution in [0.25, 0.3) is 0 Å². The summed E-state index contributed by atoms with van der Waals surface area (Å²) in [6.45, 7) is 0.619. The molecule has 1 heterocycles. The van der Waals surface area contributed by atoms with Crippen molar-refractivity contribution in [2.75, 3.05) is 6.61 Å². The Morgan fingerprint density at radius 2 is 2.24 bits per heavy atom. The van der Waals surface area contributed by atoms with Crippen molar-refractivity contribution in [3.8, 4) is 0 Å². The Morgan fingerprint density at radius 3 is 2.82 bits per heavy atom. The van der Waals surface area contributed by atoms with Gasteiger partial charge in [-0.2, -0.15) is 0 Å². The fraction of sp³-hybridized carbons (Fsp3) is 0.455. The average Bonchev–Trinajstić information content (AvgIpc) is 2.71. The lowest BCUT2D eigenvalue weighted by atomic mass is 10.0. The Hall–Kier alpha value is -0.650. The van der Waals surface area contributed by atoms with Gasteiger partial charge in [0.25, 0.3) is 0 Å². The van der Waals surface area contributed by atoms with E-state index in [0.717, 1.165) is 12.8 Å². The zero-order valence-corrected chi connectivity index (χ0v) is 10.6. The minimum Gasteiger partial charge on any atom is -0.374 e. The lowest BCUT2D eigenvalue weighted by molar-refractivity contribution is 0.111. The van der Waals surface area contributed by atoms with E-state index >= 15 is 0 Å². The zero-order valence-electron chi connectivity index (χ0n) is 9.03. The van der Waals surface area contributed by atoms with Gasteiger partial charge in [-0.05, 0) is 36.1 Å². The molecule has 0 amide bonds. The van der Waals surface area contributed by atoms with Crippen LogP contribution in [0.3, 0.4) is 0 Å². The van der Waals surface area contributed by atoms with E-state index in [9.17, 15) is 12.8 Å². The lowest BCUT2D eigenvalue weighted by Crippen LogP contribution is -2.05. The summed E-state index contributed by atoms with van der Waals surface area (Å²) in [5.41, 5.74) is 1.10. The van der Waals surface area contributed by atoms with Gasteiger partial charge in [0.05, 0.1) is 11.9 Å². The maximum absolute atomic E-state index is 13.2. The smallest absolute Gasteiger partial charge is 0.236 e. The van der Waals surface area contributed by atoms with Crippen molar-refractivity contribution >= 4 is 19.7 Å². The maximum Gasteiger partial charge on any atom is 0.236 e. The van der Waals surface area contributed by atoms with Crippen molar-refractivity contribution in [2.24, 2.45) is 0 Å². The summed E-state index contributed by atoms with van der Waals surface area (Å²) in [5.74, 6) is -0.699. The first-order valence-corrected chi connectivity index (χ1v) is 7.76. The van der Waals surface area contributed by atoms with E-state index in [1.54, 1.807) is 0 Å². The van der Waals surface area contributed by atoms with Gasteiger partial charge in [-0.15, -0.1) is 0 Å². The molecule has 1 aromatic carbocycles. The van der Waals surface area contributed by atoms with Gasteiger partial charge in [0.15, 0.2) is 0 Å². The van der Waals surface area contributed by atoms with Crippen LogP contribution in [-0.2, 0) is 19.5 Å². The first kappa shape index (κ1) is 12.8. The first-order valence-electron chi connectivity index (χ1n) is 5.28. The predicted octanol–water partition coefficient (Wildman–Crippen LogP) is 2.75. The Labute approximate surface area is 104 Å². The molecule has 1 unspecified atom stereocenters. The van der Waals surface area contributed by atoms with Gasteiger partial charge < -0.3 is 4.74 Å². The summed E-state index contributed by atoms with van der Waals surface area (Å²) >= 11 is 0. The van der Waals surface area contributed by atoms with Gasteiger partial charge in [-0.1, -0.05) is 6.07 Å². The van der Waals surface area contributed by atoms with Crippen LogP contribution in [0.1, 0.15) is 30.1 Å². The molecule has 0 aromatic heterocycles. The molecule has 0 spiro atoms. The van der Waals surface area contributed by atoms with E-state index in [4.69, 9.17) is 15.4 Å². The summed E-state index contributed by atoms with van der Waals surface area (Å²) in [5, 5.41) is 0. The van der Waals surface area contributed by atoms with Gasteiger partial charge in [-0.25, -0.2) is 12.8 Å². The topological polar surface area (TPSA) is 43.4 Å². The van der Waals surface area contributed by atoms with E-state index in [0.29, 0.717) is 17.7 Å². The second-order valence-corrected chi connectivity index (χ2v) is 6.80. The summed E-state index contributed by atoms with van der Waals surface area (Å²) in [7, 11) is 1.58. The van der Waals surface area contributed by atoms with Gasteiger partial charge >= 0.3 is 0 Å². The highest BCUT2D eigenvalue weighted by molar-refractivity contribution is 8.13. The van der Waals surface area contributed by atoms with E-state index < -0.39 is 14.9 Å².